The summed E-state index contributed by atoms with van der Waals surface area (Å²) in [7, 11) is 3.27. The summed E-state index contributed by atoms with van der Waals surface area (Å²) < 4.78 is 15.6. The number of carbonyl (C=O) groups excluding carboxylic acids is 1. The van der Waals surface area contributed by atoms with E-state index in [-0.39, 0.29) is 6.09 Å². The molecule has 0 radical (unpaired) electrons. The Morgan fingerprint density at radius 3 is 2.52 bits per heavy atom. The Morgan fingerprint density at radius 2 is 1.91 bits per heavy atom. The third kappa shape index (κ3) is 4.76. The van der Waals surface area contributed by atoms with E-state index in [2.05, 4.69) is 5.32 Å². The summed E-state index contributed by atoms with van der Waals surface area (Å²) in [6.45, 7) is 4.50. The number of rotatable bonds is 6. The normalized spacial score (nSPS) is 15.3. The number of likely N-dealkylation sites (tertiary alicyclic amines) is 1. The van der Waals surface area contributed by atoms with Crippen molar-refractivity contribution in [3.63, 3.8) is 0 Å². The Kier molecular flexibility index (Phi) is 6.52. The average Bonchev–Trinajstić information content (AvgIpc) is 2.60. The van der Waals surface area contributed by atoms with E-state index in [0.29, 0.717) is 12.6 Å². The number of hydrogen-bond donors (Lipinski definition) is 1. The minimum absolute atomic E-state index is 0.203. The summed E-state index contributed by atoms with van der Waals surface area (Å²) >= 11 is 0. The van der Waals surface area contributed by atoms with E-state index in [4.69, 9.17) is 14.2 Å². The van der Waals surface area contributed by atoms with Crippen molar-refractivity contribution in [1.29, 1.82) is 0 Å². The number of ether oxygens (including phenoxy) is 3. The molecule has 1 N–H and O–H groups in total. The van der Waals surface area contributed by atoms with Crippen LogP contribution < -0.4 is 14.8 Å². The molecular formula is C17H26N2O4. The lowest BCUT2D eigenvalue weighted by Gasteiger charge is -2.31. The smallest absolute Gasteiger partial charge is 0.409 e. The third-order valence-corrected chi connectivity index (χ3v) is 4.06. The van der Waals surface area contributed by atoms with E-state index in [0.717, 1.165) is 49.5 Å². The number of amides is 1. The topological polar surface area (TPSA) is 60.0 Å². The Morgan fingerprint density at radius 1 is 1.22 bits per heavy atom. The van der Waals surface area contributed by atoms with Crippen LogP contribution in [-0.2, 0) is 11.3 Å². The van der Waals surface area contributed by atoms with Gasteiger partial charge in [-0.15, -0.1) is 0 Å². The third-order valence-electron chi connectivity index (χ3n) is 4.06. The van der Waals surface area contributed by atoms with Crippen molar-refractivity contribution in [2.24, 2.45) is 0 Å². The first kappa shape index (κ1) is 17.4. The van der Waals surface area contributed by atoms with E-state index in [1.54, 1.807) is 19.1 Å². The van der Waals surface area contributed by atoms with Gasteiger partial charge in [0.2, 0.25) is 0 Å². The van der Waals surface area contributed by atoms with Crippen molar-refractivity contribution in [3.05, 3.63) is 23.8 Å². The van der Waals surface area contributed by atoms with Crippen LogP contribution in [0.2, 0.25) is 0 Å². The zero-order valence-electron chi connectivity index (χ0n) is 14.1. The quantitative estimate of drug-likeness (QED) is 0.871. The number of methoxy groups -OCH3 is 2. The minimum Gasteiger partial charge on any atom is -0.493 e. The van der Waals surface area contributed by atoms with Crippen molar-refractivity contribution in [2.75, 3.05) is 33.9 Å². The highest BCUT2D eigenvalue weighted by atomic mass is 16.6. The summed E-state index contributed by atoms with van der Waals surface area (Å²) in [6.07, 6.45) is 1.67. The Labute approximate surface area is 137 Å². The Balaban J connectivity index is 1.80. The van der Waals surface area contributed by atoms with Crippen LogP contribution in [0.15, 0.2) is 18.2 Å². The highest BCUT2D eigenvalue weighted by Gasteiger charge is 2.23. The molecule has 6 nitrogen and oxygen atoms in total. The van der Waals surface area contributed by atoms with Crippen LogP contribution in [0.1, 0.15) is 25.3 Å². The van der Waals surface area contributed by atoms with Crippen LogP contribution in [0.5, 0.6) is 11.5 Å². The molecule has 2 rings (SSSR count). The lowest BCUT2D eigenvalue weighted by Crippen LogP contribution is -2.44. The Hall–Kier alpha value is -1.95. The molecule has 23 heavy (non-hydrogen) atoms. The van der Waals surface area contributed by atoms with Crippen molar-refractivity contribution >= 4 is 6.09 Å². The first-order valence-electron chi connectivity index (χ1n) is 8.04. The summed E-state index contributed by atoms with van der Waals surface area (Å²) in [5.74, 6) is 1.47. The number of nitrogens with zero attached hydrogens (tertiary/aromatic N) is 1. The molecule has 1 aliphatic heterocycles. The largest absolute Gasteiger partial charge is 0.493 e. The standard InChI is InChI=1S/C17H26N2O4/c1-4-23-17(20)19-9-7-14(8-10-19)18-12-13-5-6-15(21-2)16(11-13)22-3/h5-6,11,14,18H,4,7-10,12H2,1-3H3. The average molecular weight is 322 g/mol. The highest BCUT2D eigenvalue weighted by Crippen LogP contribution is 2.27. The number of hydrogen-bond acceptors (Lipinski definition) is 5. The minimum atomic E-state index is -0.203. The second-order valence-corrected chi connectivity index (χ2v) is 5.53. The maximum atomic E-state index is 11.7. The maximum Gasteiger partial charge on any atom is 0.409 e. The number of piperidine rings is 1. The monoisotopic (exact) mass is 322 g/mol. The van der Waals surface area contributed by atoms with Crippen LogP contribution in [0.25, 0.3) is 0 Å². The van der Waals surface area contributed by atoms with Gasteiger partial charge < -0.3 is 24.4 Å². The molecule has 1 amide bonds. The van der Waals surface area contributed by atoms with Gasteiger partial charge in [-0.25, -0.2) is 4.79 Å². The molecule has 0 aromatic heterocycles. The van der Waals surface area contributed by atoms with Crippen LogP contribution in [-0.4, -0.2) is 51.0 Å². The van der Waals surface area contributed by atoms with Gasteiger partial charge >= 0.3 is 6.09 Å². The van der Waals surface area contributed by atoms with E-state index in [9.17, 15) is 4.79 Å². The van der Waals surface area contributed by atoms with E-state index in [1.807, 2.05) is 25.1 Å². The van der Waals surface area contributed by atoms with Crippen molar-refractivity contribution in [3.8, 4) is 11.5 Å². The van der Waals surface area contributed by atoms with Crippen LogP contribution in [0.3, 0.4) is 0 Å². The van der Waals surface area contributed by atoms with Gasteiger partial charge in [0, 0.05) is 25.7 Å². The molecular weight excluding hydrogens is 296 g/mol. The predicted octanol–water partition coefficient (Wildman–Crippen LogP) is 2.41. The fourth-order valence-electron chi connectivity index (χ4n) is 2.73. The van der Waals surface area contributed by atoms with Crippen LogP contribution in [0.4, 0.5) is 4.79 Å². The maximum absolute atomic E-state index is 11.7. The zero-order valence-corrected chi connectivity index (χ0v) is 14.1. The van der Waals surface area contributed by atoms with Gasteiger partial charge in [-0.2, -0.15) is 0 Å². The number of carbonyl (C=O) groups is 1. The zero-order chi connectivity index (χ0) is 16.7. The first-order valence-corrected chi connectivity index (χ1v) is 8.04. The van der Waals surface area contributed by atoms with Crippen LogP contribution in [0, 0.1) is 0 Å². The molecule has 1 aromatic rings. The predicted molar refractivity (Wildman–Crippen MR) is 88.0 cm³/mol. The lowest BCUT2D eigenvalue weighted by molar-refractivity contribution is 0.0950. The molecule has 0 atom stereocenters. The fourth-order valence-corrected chi connectivity index (χ4v) is 2.73. The van der Waals surface area contributed by atoms with Crippen molar-refractivity contribution < 1.29 is 19.0 Å². The molecule has 6 heteroatoms. The highest BCUT2D eigenvalue weighted by molar-refractivity contribution is 5.67. The summed E-state index contributed by atoms with van der Waals surface area (Å²) in [5.41, 5.74) is 1.15. The molecule has 0 saturated carbocycles. The molecule has 1 saturated heterocycles. The number of benzene rings is 1. The number of nitrogens with one attached hydrogen (secondary N) is 1. The van der Waals surface area contributed by atoms with Crippen molar-refractivity contribution in [2.45, 2.75) is 32.4 Å². The molecule has 128 valence electrons. The van der Waals surface area contributed by atoms with E-state index < -0.39 is 0 Å². The van der Waals surface area contributed by atoms with Gasteiger partial charge in [-0.05, 0) is 37.5 Å². The van der Waals surface area contributed by atoms with Gasteiger partial charge in [0.15, 0.2) is 11.5 Å². The molecule has 0 spiro atoms. The molecule has 1 heterocycles. The van der Waals surface area contributed by atoms with Gasteiger partial charge in [0.05, 0.1) is 20.8 Å². The second kappa shape index (κ2) is 8.62. The van der Waals surface area contributed by atoms with Gasteiger partial charge in [-0.1, -0.05) is 6.07 Å². The molecule has 0 bridgehead atoms. The SMILES string of the molecule is CCOC(=O)N1CCC(NCc2ccc(OC)c(OC)c2)CC1. The van der Waals surface area contributed by atoms with Crippen LogP contribution >= 0.6 is 0 Å². The Bertz CT molecular complexity index is 513. The molecule has 0 aliphatic carbocycles. The van der Waals surface area contributed by atoms with Gasteiger partial charge in [-0.3, -0.25) is 0 Å². The summed E-state index contributed by atoms with van der Waals surface area (Å²) in [5, 5.41) is 3.54. The van der Waals surface area contributed by atoms with Gasteiger partial charge in [0.1, 0.15) is 0 Å². The van der Waals surface area contributed by atoms with Gasteiger partial charge in [0.25, 0.3) is 0 Å². The molecule has 0 unspecified atom stereocenters. The summed E-state index contributed by atoms with van der Waals surface area (Å²) in [6, 6.07) is 6.34. The van der Waals surface area contributed by atoms with E-state index in [1.165, 1.54) is 0 Å². The summed E-state index contributed by atoms with van der Waals surface area (Å²) in [4.78, 5) is 13.4. The first-order chi connectivity index (χ1) is 11.2. The lowest BCUT2D eigenvalue weighted by atomic mass is 10.0. The fraction of sp³-hybridized carbons (Fsp3) is 0.588. The second-order valence-electron chi connectivity index (χ2n) is 5.53. The van der Waals surface area contributed by atoms with Crippen molar-refractivity contribution in [1.82, 2.24) is 10.2 Å². The van der Waals surface area contributed by atoms with E-state index >= 15 is 0 Å². The molecule has 1 aliphatic rings. The molecule has 1 aromatic carbocycles. The molecule has 1 fully saturated rings.